The topological polar surface area (TPSA) is 21.3 Å². The lowest BCUT2D eigenvalue weighted by Crippen LogP contribution is -2.27. The Kier molecular flexibility index (Phi) is 5.71. The van der Waals surface area contributed by atoms with E-state index in [-0.39, 0.29) is 0 Å². The van der Waals surface area contributed by atoms with E-state index in [4.69, 9.17) is 4.74 Å². The molecule has 1 aromatic rings. The highest BCUT2D eigenvalue weighted by Gasteiger charge is 2.24. The molecule has 1 aromatic carbocycles. The highest BCUT2D eigenvalue weighted by molar-refractivity contribution is 9.10. The highest BCUT2D eigenvalue weighted by atomic mass is 79.9. The van der Waals surface area contributed by atoms with Crippen molar-refractivity contribution in [3.8, 4) is 5.75 Å². The predicted octanol–water partition coefficient (Wildman–Crippen LogP) is 4.17. The number of hydrogen-bond acceptors (Lipinski definition) is 2. The molecule has 0 spiro atoms. The first-order valence-electron chi connectivity index (χ1n) is 7.28. The summed E-state index contributed by atoms with van der Waals surface area (Å²) in [6.07, 6.45) is 6.43. The highest BCUT2D eigenvalue weighted by Crippen LogP contribution is 2.31. The summed E-state index contributed by atoms with van der Waals surface area (Å²) in [4.78, 5) is 0. The van der Waals surface area contributed by atoms with E-state index < -0.39 is 0 Å². The first kappa shape index (κ1) is 14.9. The van der Waals surface area contributed by atoms with Crippen LogP contribution in [0.4, 0.5) is 0 Å². The quantitative estimate of drug-likeness (QED) is 0.847. The van der Waals surface area contributed by atoms with Crippen LogP contribution >= 0.6 is 15.9 Å². The Bertz CT molecular complexity index is 408. The molecule has 1 fully saturated rings. The number of ether oxygens (including phenoxy) is 1. The van der Waals surface area contributed by atoms with Crippen LogP contribution in [0.5, 0.6) is 5.75 Å². The summed E-state index contributed by atoms with van der Waals surface area (Å²) in [5.41, 5.74) is 1.41. The Morgan fingerprint density at radius 1 is 1.37 bits per heavy atom. The van der Waals surface area contributed by atoms with Crippen molar-refractivity contribution in [3.05, 3.63) is 28.2 Å². The third-order valence-electron chi connectivity index (χ3n) is 3.96. The van der Waals surface area contributed by atoms with Crippen molar-refractivity contribution in [1.29, 1.82) is 0 Å². The number of benzene rings is 1. The molecular formula is C16H24BrNO. The largest absolute Gasteiger partial charge is 0.496 e. The minimum absolute atomic E-state index is 0.742. The molecule has 0 heterocycles. The number of hydrogen-bond donors (Lipinski definition) is 1. The van der Waals surface area contributed by atoms with E-state index in [1.807, 2.05) is 0 Å². The van der Waals surface area contributed by atoms with Crippen molar-refractivity contribution >= 4 is 15.9 Å². The summed E-state index contributed by atoms with van der Waals surface area (Å²) in [6, 6.07) is 7.19. The summed E-state index contributed by atoms with van der Waals surface area (Å²) in [6.45, 7) is 3.39. The van der Waals surface area contributed by atoms with Gasteiger partial charge < -0.3 is 10.1 Å². The Labute approximate surface area is 125 Å². The molecule has 3 heteroatoms. The van der Waals surface area contributed by atoms with Gasteiger partial charge in [-0.2, -0.15) is 0 Å². The number of halogens is 1. The third-order valence-corrected chi connectivity index (χ3v) is 4.58. The zero-order valence-electron chi connectivity index (χ0n) is 11.9. The van der Waals surface area contributed by atoms with Gasteiger partial charge in [0.25, 0.3) is 0 Å². The van der Waals surface area contributed by atoms with Crippen LogP contribution in [-0.4, -0.2) is 19.7 Å². The molecule has 2 unspecified atom stereocenters. The lowest BCUT2D eigenvalue weighted by Gasteiger charge is -2.13. The summed E-state index contributed by atoms with van der Waals surface area (Å²) in [5.74, 6) is 1.74. The number of methoxy groups -OCH3 is 1. The van der Waals surface area contributed by atoms with Crippen LogP contribution < -0.4 is 10.1 Å². The van der Waals surface area contributed by atoms with Crippen LogP contribution in [0, 0.1) is 5.92 Å². The summed E-state index contributed by atoms with van der Waals surface area (Å²) < 4.78 is 6.34. The zero-order chi connectivity index (χ0) is 13.7. The molecule has 0 radical (unpaired) electrons. The van der Waals surface area contributed by atoms with Crippen LogP contribution in [0.25, 0.3) is 0 Å². The zero-order valence-corrected chi connectivity index (χ0v) is 13.5. The van der Waals surface area contributed by atoms with Crippen LogP contribution in [0.3, 0.4) is 0 Å². The van der Waals surface area contributed by atoms with Gasteiger partial charge in [0.15, 0.2) is 0 Å². The average Bonchev–Trinajstić information content (AvgIpc) is 2.84. The van der Waals surface area contributed by atoms with Crippen LogP contribution in [0.15, 0.2) is 22.7 Å². The van der Waals surface area contributed by atoms with E-state index in [1.165, 1.54) is 37.7 Å². The minimum atomic E-state index is 0.742. The fourth-order valence-corrected chi connectivity index (χ4v) is 3.55. The van der Waals surface area contributed by atoms with E-state index in [9.17, 15) is 0 Å². The summed E-state index contributed by atoms with van der Waals surface area (Å²) >= 11 is 3.57. The first-order chi connectivity index (χ1) is 9.22. The molecule has 2 nitrogen and oxygen atoms in total. The van der Waals surface area contributed by atoms with Gasteiger partial charge in [-0.15, -0.1) is 0 Å². The fourth-order valence-electron chi connectivity index (χ4n) is 2.96. The second-order valence-electron chi connectivity index (χ2n) is 5.50. The maximum Gasteiger partial charge on any atom is 0.133 e. The van der Waals surface area contributed by atoms with Gasteiger partial charge in [-0.25, -0.2) is 0 Å². The Balaban J connectivity index is 1.86. The lowest BCUT2D eigenvalue weighted by molar-refractivity contribution is 0.411. The van der Waals surface area contributed by atoms with E-state index in [0.29, 0.717) is 0 Å². The maximum absolute atomic E-state index is 5.27. The third kappa shape index (κ3) is 4.22. The minimum Gasteiger partial charge on any atom is -0.496 e. The lowest BCUT2D eigenvalue weighted by atomic mass is 9.98. The van der Waals surface area contributed by atoms with Gasteiger partial charge in [0.2, 0.25) is 0 Å². The van der Waals surface area contributed by atoms with Gasteiger partial charge in [0.05, 0.1) is 11.6 Å². The Morgan fingerprint density at radius 3 is 2.89 bits per heavy atom. The molecular weight excluding hydrogens is 302 g/mol. The molecule has 1 aliphatic rings. The summed E-state index contributed by atoms with van der Waals surface area (Å²) in [5, 5.41) is 3.65. The molecule has 0 aromatic heterocycles. The van der Waals surface area contributed by atoms with Crippen molar-refractivity contribution < 1.29 is 4.74 Å². The molecule has 1 N–H and O–H groups in total. The van der Waals surface area contributed by atoms with E-state index in [0.717, 1.165) is 28.7 Å². The molecule has 0 aliphatic heterocycles. The average molecular weight is 326 g/mol. The van der Waals surface area contributed by atoms with Crippen molar-refractivity contribution in [2.45, 2.75) is 45.1 Å². The fraction of sp³-hybridized carbons (Fsp3) is 0.625. The van der Waals surface area contributed by atoms with Crippen molar-refractivity contribution in [1.82, 2.24) is 5.32 Å². The normalized spacial score (nSPS) is 22.7. The molecule has 106 valence electrons. The number of nitrogens with one attached hydrogen (secondary N) is 1. The van der Waals surface area contributed by atoms with Gasteiger partial charge in [-0.05, 0) is 78.2 Å². The van der Waals surface area contributed by atoms with Crippen molar-refractivity contribution in [2.24, 2.45) is 5.92 Å². The summed E-state index contributed by atoms with van der Waals surface area (Å²) in [7, 11) is 1.71. The van der Waals surface area contributed by atoms with Gasteiger partial charge >= 0.3 is 0 Å². The maximum atomic E-state index is 5.27. The van der Waals surface area contributed by atoms with Crippen LogP contribution in [-0.2, 0) is 6.42 Å². The van der Waals surface area contributed by atoms with Gasteiger partial charge in [-0.1, -0.05) is 13.0 Å². The molecule has 0 bridgehead atoms. The Morgan fingerprint density at radius 2 is 2.21 bits per heavy atom. The van der Waals surface area contributed by atoms with Crippen LogP contribution in [0.1, 0.15) is 38.2 Å². The monoisotopic (exact) mass is 325 g/mol. The van der Waals surface area contributed by atoms with E-state index in [1.54, 1.807) is 7.11 Å². The molecule has 19 heavy (non-hydrogen) atoms. The van der Waals surface area contributed by atoms with E-state index in [2.05, 4.69) is 46.4 Å². The van der Waals surface area contributed by atoms with Gasteiger partial charge in [0.1, 0.15) is 5.75 Å². The molecule has 1 saturated carbocycles. The van der Waals surface area contributed by atoms with Gasteiger partial charge in [0, 0.05) is 6.04 Å². The standard InChI is InChI=1S/C16H24BrNO/c1-3-8-18-14-6-4-12(10-14)9-13-5-7-16(19-2)15(17)11-13/h5,7,11-12,14,18H,3-4,6,8-10H2,1-2H3. The van der Waals surface area contributed by atoms with Gasteiger partial charge in [-0.3, -0.25) is 0 Å². The second-order valence-corrected chi connectivity index (χ2v) is 6.36. The molecule has 1 aliphatic carbocycles. The molecule has 2 atom stereocenters. The molecule has 0 saturated heterocycles. The Hall–Kier alpha value is -0.540. The predicted molar refractivity (Wildman–Crippen MR) is 83.8 cm³/mol. The van der Waals surface area contributed by atoms with Crippen molar-refractivity contribution in [3.63, 3.8) is 0 Å². The molecule has 0 amide bonds. The smallest absolute Gasteiger partial charge is 0.133 e. The van der Waals surface area contributed by atoms with E-state index >= 15 is 0 Å². The second kappa shape index (κ2) is 7.30. The first-order valence-corrected chi connectivity index (χ1v) is 8.08. The van der Waals surface area contributed by atoms with Crippen LogP contribution in [0.2, 0.25) is 0 Å². The SMILES string of the molecule is CCCNC1CCC(Cc2ccc(OC)c(Br)c2)C1. The molecule has 2 rings (SSSR count). The number of rotatable bonds is 6. The van der Waals surface area contributed by atoms with Crippen molar-refractivity contribution in [2.75, 3.05) is 13.7 Å².